The minimum absolute atomic E-state index is 0.109. The Balaban J connectivity index is 2.43. The van der Waals surface area contributed by atoms with Crippen molar-refractivity contribution in [1.82, 2.24) is 20.2 Å². The minimum Gasteiger partial charge on any atom is -0.481 e. The van der Waals surface area contributed by atoms with Crippen molar-refractivity contribution < 1.29 is 18.3 Å². The van der Waals surface area contributed by atoms with Crippen LogP contribution in [-0.2, 0) is 19.4 Å². The van der Waals surface area contributed by atoms with E-state index in [9.17, 15) is 13.2 Å². The molecule has 0 bridgehead atoms. The molecule has 2 rings (SSSR count). The molecule has 1 atom stereocenters. The number of nitrogens with zero attached hydrogens (tertiary/aromatic N) is 4. The van der Waals surface area contributed by atoms with E-state index >= 15 is 0 Å². The number of aliphatic carboxylic acids is 1. The van der Waals surface area contributed by atoms with Gasteiger partial charge >= 0.3 is 5.97 Å². The maximum Gasteiger partial charge on any atom is 0.305 e. The van der Waals surface area contributed by atoms with E-state index in [1.54, 1.807) is 0 Å². The molecule has 9 heteroatoms. The van der Waals surface area contributed by atoms with Gasteiger partial charge in [-0.05, 0) is 43.0 Å². The van der Waals surface area contributed by atoms with Crippen LogP contribution in [0.15, 0.2) is 0 Å². The number of carboxylic acids is 1. The Hall–Kier alpha value is -1.51. The Bertz CT molecular complexity index is 618. The number of hydrogen-bond donors (Lipinski definition) is 1. The predicted octanol–water partition coefficient (Wildman–Crippen LogP) is 0.379. The number of carbonyl (C=O) groups is 1. The highest BCUT2D eigenvalue weighted by atomic mass is 32.2. The van der Waals surface area contributed by atoms with Crippen LogP contribution in [-0.4, -0.2) is 46.0 Å². The molecule has 1 aliphatic rings. The highest BCUT2D eigenvalue weighted by molar-refractivity contribution is 7.91. The largest absolute Gasteiger partial charge is 0.481 e. The number of carboxylic acid groups (broad SMARTS) is 1. The first-order valence-electron chi connectivity index (χ1n) is 6.34. The molecule has 1 N–H and O–H groups in total. The Labute approximate surface area is 117 Å². The molecule has 0 aromatic carbocycles. The molecule has 1 aromatic heterocycles. The van der Waals surface area contributed by atoms with Gasteiger partial charge in [0.15, 0.2) is 15.7 Å². The van der Waals surface area contributed by atoms with Crippen LogP contribution >= 0.6 is 0 Å². The quantitative estimate of drug-likeness (QED) is 0.807. The lowest BCUT2D eigenvalue weighted by Crippen LogP contribution is -2.34. The highest BCUT2D eigenvalue weighted by Gasteiger charge is 2.42. The third-order valence-corrected chi connectivity index (χ3v) is 5.86. The maximum atomic E-state index is 11.9. The first-order chi connectivity index (χ1) is 9.14. The number of sulfone groups is 1. The molecule has 8 nitrogen and oxygen atoms in total. The van der Waals surface area contributed by atoms with E-state index in [-0.39, 0.29) is 18.2 Å². The molecule has 0 aliphatic heterocycles. The average molecular weight is 302 g/mol. The molecule has 0 radical (unpaired) electrons. The number of aromatic nitrogens is 4. The monoisotopic (exact) mass is 302 g/mol. The van der Waals surface area contributed by atoms with Crippen LogP contribution in [0.1, 0.15) is 45.0 Å². The van der Waals surface area contributed by atoms with Crippen molar-refractivity contribution in [2.24, 2.45) is 5.92 Å². The SMILES string of the molecule is CC(C)(c1nnnn1C(CC(=O)O)C1CC1)S(C)(=O)=O. The van der Waals surface area contributed by atoms with Crippen LogP contribution in [0.3, 0.4) is 0 Å². The summed E-state index contributed by atoms with van der Waals surface area (Å²) in [6.45, 7) is 3.05. The molecule has 1 aromatic rings. The third-order valence-electron chi connectivity index (χ3n) is 3.82. The zero-order valence-electron chi connectivity index (χ0n) is 11.6. The van der Waals surface area contributed by atoms with E-state index in [1.165, 1.54) is 18.5 Å². The van der Waals surface area contributed by atoms with Gasteiger partial charge in [0.05, 0.1) is 12.5 Å². The third kappa shape index (κ3) is 2.67. The van der Waals surface area contributed by atoms with Crippen LogP contribution in [0.5, 0.6) is 0 Å². The molecule has 0 amide bonds. The smallest absolute Gasteiger partial charge is 0.305 e. The molecule has 112 valence electrons. The second-order valence-electron chi connectivity index (χ2n) is 5.73. The fraction of sp³-hybridized carbons (Fsp3) is 0.818. The fourth-order valence-corrected chi connectivity index (χ4v) is 2.56. The highest BCUT2D eigenvalue weighted by Crippen LogP contribution is 2.42. The molecule has 0 spiro atoms. The summed E-state index contributed by atoms with van der Waals surface area (Å²) in [5.41, 5.74) is 0. The number of rotatable bonds is 6. The first-order valence-corrected chi connectivity index (χ1v) is 8.23. The Morgan fingerprint density at radius 3 is 2.55 bits per heavy atom. The lowest BCUT2D eigenvalue weighted by molar-refractivity contribution is -0.138. The van der Waals surface area contributed by atoms with Crippen molar-refractivity contribution in [2.75, 3.05) is 6.26 Å². The second kappa shape index (κ2) is 4.80. The summed E-state index contributed by atoms with van der Waals surface area (Å²) in [5.74, 6) is -0.553. The van der Waals surface area contributed by atoms with E-state index in [1.807, 2.05) is 0 Å². The van der Waals surface area contributed by atoms with Gasteiger partial charge < -0.3 is 5.11 Å². The summed E-state index contributed by atoms with van der Waals surface area (Å²) in [4.78, 5) is 11.0. The summed E-state index contributed by atoms with van der Waals surface area (Å²) < 4.78 is 23.9. The van der Waals surface area contributed by atoms with Gasteiger partial charge in [-0.3, -0.25) is 4.79 Å². The van der Waals surface area contributed by atoms with Crippen molar-refractivity contribution >= 4 is 15.8 Å². The lowest BCUT2D eigenvalue weighted by Gasteiger charge is -2.24. The second-order valence-corrected chi connectivity index (χ2v) is 8.30. The van der Waals surface area contributed by atoms with Crippen LogP contribution in [0.4, 0.5) is 0 Å². The molecule has 1 aliphatic carbocycles. The standard InChI is InChI=1S/C11H18N4O4S/c1-11(2,20(3,18)19)10-12-13-14-15(10)8(6-9(16)17)7-4-5-7/h7-8H,4-6H2,1-3H3,(H,16,17). The van der Waals surface area contributed by atoms with Crippen molar-refractivity contribution in [1.29, 1.82) is 0 Å². The summed E-state index contributed by atoms with van der Waals surface area (Å²) in [6, 6.07) is -0.390. The molecule has 1 saturated carbocycles. The molecule has 0 saturated heterocycles. The Kier molecular flexibility index (Phi) is 3.57. The van der Waals surface area contributed by atoms with Crippen LogP contribution < -0.4 is 0 Å². The number of hydrogen-bond acceptors (Lipinski definition) is 6. The average Bonchev–Trinajstić information content (AvgIpc) is 3.00. The van der Waals surface area contributed by atoms with Gasteiger partial charge in [0.1, 0.15) is 4.75 Å². The first kappa shape index (κ1) is 14.9. The van der Waals surface area contributed by atoms with Gasteiger partial charge in [-0.2, -0.15) is 0 Å². The summed E-state index contributed by atoms with van der Waals surface area (Å²) >= 11 is 0. The molecule has 1 fully saturated rings. The van der Waals surface area contributed by atoms with Crippen molar-refractivity contribution in [3.05, 3.63) is 5.82 Å². The van der Waals surface area contributed by atoms with E-state index in [2.05, 4.69) is 15.5 Å². The Morgan fingerprint density at radius 1 is 1.50 bits per heavy atom. The summed E-state index contributed by atoms with van der Waals surface area (Å²) in [5, 5.41) is 20.2. The summed E-state index contributed by atoms with van der Waals surface area (Å²) in [7, 11) is -3.43. The van der Waals surface area contributed by atoms with Crippen molar-refractivity contribution in [3.8, 4) is 0 Å². The van der Waals surface area contributed by atoms with Gasteiger partial charge in [0.2, 0.25) is 0 Å². The van der Waals surface area contributed by atoms with Crippen LogP contribution in [0.25, 0.3) is 0 Å². The zero-order valence-corrected chi connectivity index (χ0v) is 12.5. The topological polar surface area (TPSA) is 115 Å². The van der Waals surface area contributed by atoms with E-state index in [0.29, 0.717) is 0 Å². The molecular weight excluding hydrogens is 284 g/mol. The zero-order chi connectivity index (χ0) is 15.1. The van der Waals surface area contributed by atoms with E-state index in [4.69, 9.17) is 5.11 Å². The summed E-state index contributed by atoms with van der Waals surface area (Å²) in [6.07, 6.45) is 2.84. The van der Waals surface area contributed by atoms with Gasteiger partial charge in [-0.1, -0.05) is 0 Å². The lowest BCUT2D eigenvalue weighted by atomic mass is 10.1. The van der Waals surface area contributed by atoms with Crippen molar-refractivity contribution in [3.63, 3.8) is 0 Å². The normalized spacial score (nSPS) is 17.9. The van der Waals surface area contributed by atoms with Crippen LogP contribution in [0, 0.1) is 5.92 Å². The van der Waals surface area contributed by atoms with Crippen LogP contribution in [0.2, 0.25) is 0 Å². The molecular formula is C11H18N4O4S. The number of tetrazole rings is 1. The van der Waals surface area contributed by atoms with Crippen molar-refractivity contribution in [2.45, 2.75) is 43.9 Å². The van der Waals surface area contributed by atoms with Gasteiger partial charge in [0.25, 0.3) is 0 Å². The predicted molar refractivity (Wildman–Crippen MR) is 69.7 cm³/mol. The van der Waals surface area contributed by atoms with Gasteiger partial charge in [-0.25, -0.2) is 13.1 Å². The fourth-order valence-electron chi connectivity index (χ4n) is 2.09. The Morgan fingerprint density at radius 2 is 2.10 bits per heavy atom. The minimum atomic E-state index is -3.43. The van der Waals surface area contributed by atoms with E-state index in [0.717, 1.165) is 19.1 Å². The van der Waals surface area contributed by atoms with E-state index < -0.39 is 26.6 Å². The molecule has 20 heavy (non-hydrogen) atoms. The molecule has 1 unspecified atom stereocenters. The van der Waals surface area contributed by atoms with Gasteiger partial charge in [0, 0.05) is 6.26 Å². The molecule has 1 heterocycles. The van der Waals surface area contributed by atoms with Gasteiger partial charge in [-0.15, -0.1) is 5.10 Å². The maximum absolute atomic E-state index is 11.9.